The molecule has 0 aromatic heterocycles. The van der Waals surface area contributed by atoms with Crippen LogP contribution in [-0.2, 0) is 4.79 Å². The van der Waals surface area contributed by atoms with Gasteiger partial charge >= 0.3 is 0 Å². The first-order chi connectivity index (χ1) is 12.5. The zero-order valence-corrected chi connectivity index (χ0v) is 15.7. The Bertz CT molecular complexity index is 781. The van der Waals surface area contributed by atoms with Crippen LogP contribution in [0.2, 0.25) is 0 Å². The highest BCUT2D eigenvalue weighted by Gasteiger charge is 2.33. The number of carbonyl (C=O) groups is 2. The van der Waals surface area contributed by atoms with Gasteiger partial charge in [0.1, 0.15) is 0 Å². The van der Waals surface area contributed by atoms with Crippen LogP contribution in [0.3, 0.4) is 0 Å². The minimum Gasteiger partial charge on any atom is -0.334 e. The van der Waals surface area contributed by atoms with Crippen molar-refractivity contribution in [3.8, 4) is 0 Å². The maximum atomic E-state index is 13.0. The van der Waals surface area contributed by atoms with Crippen LogP contribution < -0.4 is 0 Å². The third-order valence-corrected chi connectivity index (χ3v) is 4.94. The molecule has 2 amide bonds. The van der Waals surface area contributed by atoms with Gasteiger partial charge in [-0.2, -0.15) is 0 Å². The first kappa shape index (κ1) is 18.2. The number of piperazine rings is 1. The molecule has 0 saturated carbocycles. The number of rotatable bonds is 3. The normalized spacial score (nSPS) is 17.3. The molecule has 1 heterocycles. The van der Waals surface area contributed by atoms with E-state index in [0.717, 1.165) is 22.3 Å². The van der Waals surface area contributed by atoms with Gasteiger partial charge < -0.3 is 9.80 Å². The van der Waals surface area contributed by atoms with Crippen molar-refractivity contribution in [1.29, 1.82) is 0 Å². The molecule has 1 saturated heterocycles. The molecule has 0 aliphatic carbocycles. The molecule has 0 N–H and O–H groups in total. The maximum Gasteiger partial charge on any atom is 0.254 e. The molecular weight excluding hydrogens is 324 g/mol. The zero-order valence-electron chi connectivity index (χ0n) is 15.7. The summed E-state index contributed by atoms with van der Waals surface area (Å²) in [5.74, 6) is 0.179. The summed E-state index contributed by atoms with van der Waals surface area (Å²) in [4.78, 5) is 29.3. The van der Waals surface area contributed by atoms with Crippen LogP contribution in [0.15, 0.2) is 48.5 Å². The van der Waals surface area contributed by atoms with Gasteiger partial charge in [0.25, 0.3) is 5.91 Å². The third kappa shape index (κ3) is 3.79. The smallest absolute Gasteiger partial charge is 0.254 e. The van der Waals surface area contributed by atoms with Crippen molar-refractivity contribution in [3.63, 3.8) is 0 Å². The fourth-order valence-electron chi connectivity index (χ4n) is 3.71. The number of benzene rings is 2. The topological polar surface area (TPSA) is 40.6 Å². The first-order valence-corrected chi connectivity index (χ1v) is 9.21. The molecular formula is C22H26N2O2. The molecule has 0 unspecified atom stereocenters. The number of carbonyl (C=O) groups excluding carboxylic acids is 2. The number of amides is 2. The Morgan fingerprint density at radius 1 is 1.00 bits per heavy atom. The average Bonchev–Trinajstić information content (AvgIpc) is 2.66. The summed E-state index contributed by atoms with van der Waals surface area (Å²) in [5, 5.41) is 0. The van der Waals surface area contributed by atoms with Crippen molar-refractivity contribution in [3.05, 3.63) is 70.8 Å². The van der Waals surface area contributed by atoms with E-state index in [-0.39, 0.29) is 17.9 Å². The predicted molar refractivity (Wildman–Crippen MR) is 103 cm³/mol. The van der Waals surface area contributed by atoms with Gasteiger partial charge in [-0.25, -0.2) is 0 Å². The lowest BCUT2D eigenvalue weighted by Gasteiger charge is -2.41. The molecule has 0 radical (unpaired) electrons. The van der Waals surface area contributed by atoms with Gasteiger partial charge in [-0.05, 0) is 31.5 Å². The molecule has 3 rings (SSSR count). The number of hydrogen-bond donors (Lipinski definition) is 0. The Balaban J connectivity index is 1.87. The quantitative estimate of drug-likeness (QED) is 0.846. The molecule has 2 aromatic carbocycles. The van der Waals surface area contributed by atoms with Crippen LogP contribution in [-0.4, -0.2) is 41.2 Å². The Kier molecular flexibility index (Phi) is 5.40. The lowest BCUT2D eigenvalue weighted by molar-refractivity contribution is -0.135. The SMILES string of the molecule is CCC(=O)N1CCN(C(=O)c2cc(C)cc(C)c2)C[C@H]1c1ccccc1. The highest BCUT2D eigenvalue weighted by molar-refractivity contribution is 5.95. The highest BCUT2D eigenvalue weighted by atomic mass is 16.2. The van der Waals surface area contributed by atoms with Crippen LogP contribution in [0.1, 0.15) is 46.4 Å². The van der Waals surface area contributed by atoms with Crippen LogP contribution in [0, 0.1) is 13.8 Å². The van der Waals surface area contributed by atoms with Crippen molar-refractivity contribution >= 4 is 11.8 Å². The number of nitrogens with zero attached hydrogens (tertiary/aromatic N) is 2. The summed E-state index contributed by atoms with van der Waals surface area (Å²) < 4.78 is 0. The van der Waals surface area contributed by atoms with Gasteiger partial charge in [0.15, 0.2) is 0 Å². The molecule has 1 aliphatic heterocycles. The summed E-state index contributed by atoms with van der Waals surface area (Å²) in [7, 11) is 0. The van der Waals surface area contributed by atoms with E-state index in [0.29, 0.717) is 26.1 Å². The van der Waals surface area contributed by atoms with Crippen LogP contribution in [0.25, 0.3) is 0 Å². The molecule has 0 spiro atoms. The van der Waals surface area contributed by atoms with Crippen molar-refractivity contribution in [2.75, 3.05) is 19.6 Å². The molecule has 1 atom stereocenters. The molecule has 26 heavy (non-hydrogen) atoms. The molecule has 1 aliphatic rings. The minimum absolute atomic E-state index is 0.0429. The lowest BCUT2D eigenvalue weighted by atomic mass is 10.0. The molecule has 2 aromatic rings. The second-order valence-electron chi connectivity index (χ2n) is 6.99. The van der Waals surface area contributed by atoms with E-state index in [1.54, 1.807) is 0 Å². The summed E-state index contributed by atoms with van der Waals surface area (Å²) >= 11 is 0. The molecule has 136 valence electrons. The standard InChI is InChI=1S/C22H26N2O2/c1-4-21(25)24-11-10-23(15-20(24)18-8-6-5-7-9-18)22(26)19-13-16(2)12-17(3)14-19/h5-9,12-14,20H,4,10-11,15H2,1-3H3/t20-/m0/s1. The molecule has 4 nitrogen and oxygen atoms in total. The first-order valence-electron chi connectivity index (χ1n) is 9.21. The Labute approximate surface area is 155 Å². The largest absolute Gasteiger partial charge is 0.334 e. The van der Waals surface area contributed by atoms with Gasteiger partial charge in [0.2, 0.25) is 5.91 Å². The van der Waals surface area contributed by atoms with Crippen LogP contribution in [0.4, 0.5) is 0 Å². The maximum absolute atomic E-state index is 13.0. The van der Waals surface area contributed by atoms with E-state index < -0.39 is 0 Å². The predicted octanol–water partition coefficient (Wildman–Crippen LogP) is 3.74. The van der Waals surface area contributed by atoms with Crippen molar-refractivity contribution in [2.24, 2.45) is 0 Å². The van der Waals surface area contributed by atoms with Gasteiger partial charge in [0.05, 0.1) is 6.04 Å². The second kappa shape index (κ2) is 7.73. The monoisotopic (exact) mass is 350 g/mol. The Morgan fingerprint density at radius 2 is 1.65 bits per heavy atom. The average molecular weight is 350 g/mol. The van der Waals surface area contributed by atoms with Crippen LogP contribution in [0.5, 0.6) is 0 Å². The second-order valence-corrected chi connectivity index (χ2v) is 6.99. The van der Waals surface area contributed by atoms with Gasteiger partial charge in [-0.3, -0.25) is 9.59 Å². The summed E-state index contributed by atoms with van der Waals surface area (Å²) in [5.41, 5.74) is 3.98. The number of aryl methyl sites for hydroxylation is 2. The van der Waals surface area contributed by atoms with E-state index in [4.69, 9.17) is 0 Å². The van der Waals surface area contributed by atoms with E-state index >= 15 is 0 Å². The minimum atomic E-state index is -0.0905. The summed E-state index contributed by atoms with van der Waals surface area (Å²) in [6.45, 7) is 7.57. The van der Waals surface area contributed by atoms with E-state index in [9.17, 15) is 9.59 Å². The van der Waals surface area contributed by atoms with Gasteiger partial charge in [-0.15, -0.1) is 0 Å². The van der Waals surface area contributed by atoms with Crippen molar-refractivity contribution < 1.29 is 9.59 Å². The fourth-order valence-corrected chi connectivity index (χ4v) is 3.71. The van der Waals surface area contributed by atoms with E-state index in [1.807, 2.05) is 73.0 Å². The van der Waals surface area contributed by atoms with Gasteiger partial charge in [0, 0.05) is 31.6 Å². The van der Waals surface area contributed by atoms with E-state index in [1.165, 1.54) is 0 Å². The Morgan fingerprint density at radius 3 is 2.27 bits per heavy atom. The fraction of sp³-hybridized carbons (Fsp3) is 0.364. The molecule has 1 fully saturated rings. The van der Waals surface area contributed by atoms with Gasteiger partial charge in [-0.1, -0.05) is 54.4 Å². The number of hydrogen-bond acceptors (Lipinski definition) is 2. The van der Waals surface area contributed by atoms with Crippen LogP contribution >= 0.6 is 0 Å². The summed E-state index contributed by atoms with van der Waals surface area (Å²) in [6, 6.07) is 15.9. The van der Waals surface area contributed by atoms with Crippen molar-refractivity contribution in [2.45, 2.75) is 33.2 Å². The summed E-state index contributed by atoms with van der Waals surface area (Å²) in [6.07, 6.45) is 0.481. The highest BCUT2D eigenvalue weighted by Crippen LogP contribution is 2.27. The third-order valence-electron chi connectivity index (χ3n) is 4.94. The lowest BCUT2D eigenvalue weighted by Crippen LogP contribution is -2.52. The Hall–Kier alpha value is -2.62. The van der Waals surface area contributed by atoms with Crippen molar-refractivity contribution in [1.82, 2.24) is 9.80 Å². The molecule has 4 heteroatoms. The van der Waals surface area contributed by atoms with E-state index in [2.05, 4.69) is 6.07 Å². The molecule has 0 bridgehead atoms. The zero-order chi connectivity index (χ0) is 18.7.